The quantitative estimate of drug-likeness (QED) is 0.816. The van der Waals surface area contributed by atoms with Gasteiger partial charge in [-0.15, -0.1) is 0 Å². The maximum Gasteiger partial charge on any atom is 0.311 e. The predicted octanol–water partition coefficient (Wildman–Crippen LogP) is 3.93. The Morgan fingerprint density at radius 3 is 2.82 bits per heavy atom. The van der Waals surface area contributed by atoms with Gasteiger partial charge in [0.2, 0.25) is 5.91 Å². The Kier molecular flexibility index (Phi) is 5.87. The van der Waals surface area contributed by atoms with E-state index in [2.05, 4.69) is 5.16 Å². The van der Waals surface area contributed by atoms with Crippen molar-refractivity contribution in [2.24, 2.45) is 11.3 Å². The van der Waals surface area contributed by atoms with E-state index in [9.17, 15) is 14.7 Å². The molecule has 2 aromatic rings. The SMILES string of the molecule is CC[C@@H](C)C(=O)N1CCC[C@@](Cc2cc(-c3cccc(C)c3)no2)(C(=O)O)C1. The number of amides is 1. The lowest BCUT2D eigenvalue weighted by molar-refractivity contribution is -0.156. The van der Waals surface area contributed by atoms with Crippen LogP contribution in [0.2, 0.25) is 0 Å². The van der Waals surface area contributed by atoms with Crippen molar-refractivity contribution >= 4 is 11.9 Å². The molecular weight excluding hydrogens is 356 g/mol. The van der Waals surface area contributed by atoms with Crippen LogP contribution in [0.4, 0.5) is 0 Å². The zero-order chi connectivity index (χ0) is 20.3. The number of aromatic nitrogens is 1. The molecule has 1 amide bonds. The number of hydrogen-bond donors (Lipinski definition) is 1. The van der Waals surface area contributed by atoms with E-state index in [0.29, 0.717) is 30.8 Å². The molecule has 0 saturated carbocycles. The zero-order valence-corrected chi connectivity index (χ0v) is 16.8. The number of likely N-dealkylation sites (tertiary alicyclic amines) is 1. The lowest BCUT2D eigenvalue weighted by atomic mass is 9.76. The second-order valence-electron chi connectivity index (χ2n) is 7.98. The first-order valence-corrected chi connectivity index (χ1v) is 9.89. The van der Waals surface area contributed by atoms with Crippen molar-refractivity contribution in [3.63, 3.8) is 0 Å². The number of carboxylic acids is 1. The average Bonchev–Trinajstić information content (AvgIpc) is 3.15. The molecule has 3 rings (SSSR count). The third-order valence-corrected chi connectivity index (χ3v) is 5.76. The highest BCUT2D eigenvalue weighted by molar-refractivity contribution is 5.81. The summed E-state index contributed by atoms with van der Waals surface area (Å²) in [5.74, 6) is -0.409. The van der Waals surface area contributed by atoms with Crippen molar-refractivity contribution in [3.8, 4) is 11.3 Å². The van der Waals surface area contributed by atoms with E-state index < -0.39 is 11.4 Å². The van der Waals surface area contributed by atoms with Gasteiger partial charge in [-0.05, 0) is 32.3 Å². The van der Waals surface area contributed by atoms with Crippen molar-refractivity contribution in [2.45, 2.75) is 46.5 Å². The third kappa shape index (κ3) is 4.11. The van der Waals surface area contributed by atoms with Gasteiger partial charge in [-0.25, -0.2) is 0 Å². The molecule has 1 aliphatic rings. The first kappa shape index (κ1) is 20.1. The van der Waals surface area contributed by atoms with Crippen LogP contribution in [0.5, 0.6) is 0 Å². The van der Waals surface area contributed by atoms with E-state index >= 15 is 0 Å². The van der Waals surface area contributed by atoms with Crippen LogP contribution in [0.15, 0.2) is 34.9 Å². The molecule has 0 unspecified atom stereocenters. The maximum atomic E-state index is 12.6. The Morgan fingerprint density at radius 1 is 1.36 bits per heavy atom. The number of benzene rings is 1. The highest BCUT2D eigenvalue weighted by Gasteiger charge is 2.45. The summed E-state index contributed by atoms with van der Waals surface area (Å²) in [5.41, 5.74) is 1.72. The molecule has 0 bridgehead atoms. The highest BCUT2D eigenvalue weighted by atomic mass is 16.5. The Bertz CT molecular complexity index is 860. The number of aliphatic carboxylic acids is 1. The van der Waals surface area contributed by atoms with Gasteiger partial charge in [0.15, 0.2) is 0 Å². The van der Waals surface area contributed by atoms with Crippen LogP contribution in [-0.4, -0.2) is 40.1 Å². The van der Waals surface area contributed by atoms with Crippen LogP contribution in [0, 0.1) is 18.3 Å². The molecule has 1 aliphatic heterocycles. The van der Waals surface area contributed by atoms with Crippen molar-refractivity contribution in [3.05, 3.63) is 41.7 Å². The molecule has 0 radical (unpaired) electrons. The monoisotopic (exact) mass is 384 g/mol. The molecular formula is C22H28N2O4. The molecule has 0 spiro atoms. The van der Waals surface area contributed by atoms with E-state index in [1.807, 2.05) is 51.1 Å². The normalized spacial score (nSPS) is 20.8. The van der Waals surface area contributed by atoms with Crippen LogP contribution >= 0.6 is 0 Å². The maximum absolute atomic E-state index is 12.6. The molecule has 0 aliphatic carbocycles. The summed E-state index contributed by atoms with van der Waals surface area (Å²) in [6.45, 7) is 6.70. The highest BCUT2D eigenvalue weighted by Crippen LogP contribution is 2.36. The molecule has 1 saturated heterocycles. The van der Waals surface area contributed by atoms with Gasteiger partial charge in [0.25, 0.3) is 0 Å². The fraction of sp³-hybridized carbons (Fsp3) is 0.500. The first-order chi connectivity index (χ1) is 13.3. The molecule has 6 nitrogen and oxygen atoms in total. The standard InChI is InChI=1S/C22H28N2O4/c1-4-16(3)20(25)24-10-6-9-22(14-24,21(26)27)13-18-12-19(23-28-18)17-8-5-7-15(2)11-17/h5,7-8,11-12,16H,4,6,9-10,13-14H2,1-3H3,(H,26,27)/t16-,22+/m1/s1. The van der Waals surface area contributed by atoms with Gasteiger partial charge in [0.05, 0.1) is 5.41 Å². The molecule has 2 atom stereocenters. The number of carbonyl (C=O) groups is 2. The summed E-state index contributed by atoms with van der Waals surface area (Å²) in [5, 5.41) is 14.1. The van der Waals surface area contributed by atoms with E-state index in [0.717, 1.165) is 17.5 Å². The number of aryl methyl sites for hydroxylation is 1. The van der Waals surface area contributed by atoms with Crippen LogP contribution in [0.3, 0.4) is 0 Å². The molecule has 2 heterocycles. The van der Waals surface area contributed by atoms with Gasteiger partial charge in [0.1, 0.15) is 11.5 Å². The van der Waals surface area contributed by atoms with Crippen LogP contribution in [0.1, 0.15) is 44.4 Å². The minimum absolute atomic E-state index is 0.0332. The van der Waals surface area contributed by atoms with Crippen molar-refractivity contribution < 1.29 is 19.2 Å². The largest absolute Gasteiger partial charge is 0.481 e. The minimum Gasteiger partial charge on any atom is -0.481 e. The van der Waals surface area contributed by atoms with E-state index in [1.54, 1.807) is 4.90 Å². The van der Waals surface area contributed by atoms with E-state index in [-0.39, 0.29) is 24.8 Å². The Balaban J connectivity index is 1.81. The summed E-state index contributed by atoms with van der Waals surface area (Å²) in [6.07, 6.45) is 2.17. The lowest BCUT2D eigenvalue weighted by Crippen LogP contribution is -2.52. The van der Waals surface area contributed by atoms with E-state index in [1.165, 1.54) is 0 Å². The first-order valence-electron chi connectivity index (χ1n) is 9.89. The summed E-state index contributed by atoms with van der Waals surface area (Å²) in [4.78, 5) is 26.5. The average molecular weight is 384 g/mol. The summed E-state index contributed by atoms with van der Waals surface area (Å²) in [6, 6.07) is 9.75. The van der Waals surface area contributed by atoms with Gasteiger partial charge in [0, 0.05) is 37.1 Å². The van der Waals surface area contributed by atoms with Crippen LogP contribution in [-0.2, 0) is 16.0 Å². The van der Waals surface area contributed by atoms with Gasteiger partial charge < -0.3 is 14.5 Å². The molecule has 1 aromatic heterocycles. The van der Waals surface area contributed by atoms with Crippen molar-refractivity contribution in [2.75, 3.05) is 13.1 Å². The molecule has 150 valence electrons. The number of hydrogen-bond acceptors (Lipinski definition) is 4. The predicted molar refractivity (Wildman–Crippen MR) is 106 cm³/mol. The smallest absolute Gasteiger partial charge is 0.311 e. The second-order valence-corrected chi connectivity index (χ2v) is 7.98. The van der Waals surface area contributed by atoms with Gasteiger partial charge in [-0.3, -0.25) is 9.59 Å². The third-order valence-electron chi connectivity index (χ3n) is 5.76. The summed E-state index contributed by atoms with van der Waals surface area (Å²) < 4.78 is 5.48. The molecule has 1 aromatic carbocycles. The number of nitrogens with zero attached hydrogens (tertiary/aromatic N) is 2. The minimum atomic E-state index is -1.04. The van der Waals surface area contributed by atoms with E-state index in [4.69, 9.17) is 4.52 Å². The Morgan fingerprint density at radius 2 is 2.14 bits per heavy atom. The number of rotatable bonds is 6. The second kappa shape index (κ2) is 8.17. The Hall–Kier alpha value is -2.63. The van der Waals surface area contributed by atoms with Crippen LogP contribution < -0.4 is 0 Å². The van der Waals surface area contributed by atoms with Crippen LogP contribution in [0.25, 0.3) is 11.3 Å². The van der Waals surface area contributed by atoms with Gasteiger partial charge >= 0.3 is 5.97 Å². The fourth-order valence-electron chi connectivity index (χ4n) is 3.87. The molecule has 1 fully saturated rings. The zero-order valence-electron chi connectivity index (χ0n) is 16.8. The number of piperidine rings is 1. The summed E-state index contributed by atoms with van der Waals surface area (Å²) >= 11 is 0. The molecule has 28 heavy (non-hydrogen) atoms. The lowest BCUT2D eigenvalue weighted by Gasteiger charge is -2.40. The van der Waals surface area contributed by atoms with Gasteiger partial charge in [-0.2, -0.15) is 0 Å². The topological polar surface area (TPSA) is 83.6 Å². The number of carboxylic acid groups (broad SMARTS) is 1. The molecule has 1 N–H and O–H groups in total. The van der Waals surface area contributed by atoms with Crippen molar-refractivity contribution in [1.29, 1.82) is 0 Å². The Labute approximate surface area is 165 Å². The molecule has 6 heteroatoms. The van der Waals surface area contributed by atoms with Gasteiger partial charge in [-0.1, -0.05) is 42.8 Å². The number of carbonyl (C=O) groups excluding carboxylic acids is 1. The van der Waals surface area contributed by atoms with Crippen molar-refractivity contribution in [1.82, 2.24) is 10.1 Å². The fourth-order valence-corrected chi connectivity index (χ4v) is 3.87. The summed E-state index contributed by atoms with van der Waals surface area (Å²) in [7, 11) is 0.